The maximum atomic E-state index is 13.0. The Morgan fingerprint density at radius 2 is 1.79 bits per heavy atom. The summed E-state index contributed by atoms with van der Waals surface area (Å²) < 4.78 is 40.7. The summed E-state index contributed by atoms with van der Waals surface area (Å²) >= 11 is 0. The van der Waals surface area contributed by atoms with Gasteiger partial charge in [0.05, 0.1) is 22.2 Å². The van der Waals surface area contributed by atoms with Crippen LogP contribution in [0.2, 0.25) is 0 Å². The fourth-order valence-electron chi connectivity index (χ4n) is 3.63. The molecule has 0 aliphatic carbocycles. The van der Waals surface area contributed by atoms with E-state index in [4.69, 9.17) is 10.8 Å². The van der Waals surface area contributed by atoms with Crippen molar-refractivity contribution in [2.24, 2.45) is 0 Å². The Morgan fingerprint density at radius 3 is 2.50 bits per heavy atom. The van der Waals surface area contributed by atoms with E-state index in [2.05, 4.69) is 15.3 Å². The number of carbonyl (C=O) groups is 1. The van der Waals surface area contributed by atoms with Crippen LogP contribution in [0, 0.1) is 0 Å². The molecule has 0 radical (unpaired) electrons. The van der Waals surface area contributed by atoms with Crippen LogP contribution in [0.25, 0.3) is 11.0 Å². The average Bonchev–Trinajstić information content (AvgIpc) is 3.13. The summed E-state index contributed by atoms with van der Waals surface area (Å²) in [7, 11) is 0. The first-order valence-electron chi connectivity index (χ1n) is 10.5. The molecule has 4 rings (SSSR count). The van der Waals surface area contributed by atoms with Gasteiger partial charge in [0.25, 0.3) is 5.91 Å². The number of benzene rings is 2. The quantitative estimate of drug-likeness (QED) is 0.438. The van der Waals surface area contributed by atoms with Gasteiger partial charge in [0.1, 0.15) is 12.1 Å². The Morgan fingerprint density at radius 1 is 1.06 bits per heavy atom. The summed E-state index contributed by atoms with van der Waals surface area (Å²) in [6, 6.07) is 11.3. The van der Waals surface area contributed by atoms with E-state index in [-0.39, 0.29) is 11.1 Å². The van der Waals surface area contributed by atoms with Gasteiger partial charge >= 0.3 is 6.18 Å². The second kappa shape index (κ2) is 8.44. The summed E-state index contributed by atoms with van der Waals surface area (Å²) in [4.78, 5) is 21.0. The van der Waals surface area contributed by atoms with Crippen LogP contribution in [0.15, 0.2) is 54.9 Å². The maximum Gasteiger partial charge on any atom is 0.416 e. The molecule has 0 fully saturated rings. The largest absolute Gasteiger partial charge is 0.416 e. The molecule has 34 heavy (non-hydrogen) atoms. The predicted octanol–water partition coefficient (Wildman–Crippen LogP) is 5.03. The van der Waals surface area contributed by atoms with Crippen molar-refractivity contribution in [2.45, 2.75) is 38.9 Å². The highest BCUT2D eigenvalue weighted by Crippen LogP contribution is 2.30. The van der Waals surface area contributed by atoms with Crippen molar-refractivity contribution < 1.29 is 18.0 Å². The van der Waals surface area contributed by atoms with Gasteiger partial charge < -0.3 is 11.1 Å². The Labute approximate surface area is 193 Å². The molecule has 0 aliphatic heterocycles. The molecule has 2 aromatic carbocycles. The number of hydrogen-bond donors (Lipinski definition) is 2. The number of anilines is 2. The Bertz CT molecular complexity index is 1370. The molecule has 10 heteroatoms. The summed E-state index contributed by atoms with van der Waals surface area (Å²) in [6.45, 7) is 6.02. The number of nitrogens with two attached hydrogens (primary N) is 1. The van der Waals surface area contributed by atoms with E-state index in [1.54, 1.807) is 22.9 Å². The van der Waals surface area contributed by atoms with Crippen LogP contribution < -0.4 is 11.1 Å². The minimum atomic E-state index is -4.53. The molecule has 7 nitrogen and oxygen atoms in total. The van der Waals surface area contributed by atoms with Crippen LogP contribution in [0.5, 0.6) is 0 Å². The number of carbonyl (C=O) groups excluding carboxylic acids is 1. The summed E-state index contributed by atoms with van der Waals surface area (Å²) in [5.41, 5.74) is 7.42. The third kappa shape index (κ3) is 4.70. The highest BCUT2D eigenvalue weighted by Gasteiger charge is 2.31. The number of hydrogen-bond acceptors (Lipinski definition) is 5. The monoisotopic (exact) mass is 468 g/mol. The van der Waals surface area contributed by atoms with Crippen LogP contribution >= 0.6 is 0 Å². The summed E-state index contributed by atoms with van der Waals surface area (Å²) in [6.07, 6.45) is -2.74. The third-order valence-corrected chi connectivity index (χ3v) is 5.21. The van der Waals surface area contributed by atoms with Crippen molar-refractivity contribution in [2.75, 3.05) is 11.1 Å². The second-order valence-electron chi connectivity index (χ2n) is 8.90. The van der Waals surface area contributed by atoms with Gasteiger partial charge in [-0.1, -0.05) is 18.2 Å². The standard InChI is InChI=1S/C24H23F3N6O/c1-23(2,3)33-21-19(20(28)29-13-30-21)18(32-33)11-14-6-4-9-17(10-14)31-22(34)15-7-5-8-16(12-15)24(25,26)27/h4-10,12-13H,11H2,1-3H3,(H,31,34)(H2,28,29,30). The molecule has 0 bridgehead atoms. The molecular formula is C24H23F3N6O. The molecule has 2 heterocycles. The van der Waals surface area contributed by atoms with Crippen LogP contribution in [-0.2, 0) is 18.1 Å². The summed E-state index contributed by atoms with van der Waals surface area (Å²) in [5, 5.41) is 8.05. The fraction of sp³-hybridized carbons (Fsp3) is 0.250. The number of nitrogens with zero attached hydrogens (tertiary/aromatic N) is 4. The first kappa shape index (κ1) is 23.2. The van der Waals surface area contributed by atoms with E-state index in [0.29, 0.717) is 34.7 Å². The number of alkyl halides is 3. The molecule has 2 aromatic heterocycles. The second-order valence-corrected chi connectivity index (χ2v) is 8.90. The highest BCUT2D eigenvalue weighted by atomic mass is 19.4. The molecule has 0 atom stereocenters. The lowest BCUT2D eigenvalue weighted by Crippen LogP contribution is -2.23. The zero-order chi connectivity index (χ0) is 24.7. The number of aromatic nitrogens is 4. The lowest BCUT2D eigenvalue weighted by atomic mass is 10.1. The molecule has 0 spiro atoms. The molecule has 0 saturated heterocycles. The van der Waals surface area contributed by atoms with Gasteiger partial charge in [-0.3, -0.25) is 4.79 Å². The van der Waals surface area contributed by atoms with Gasteiger partial charge in [0.15, 0.2) is 5.65 Å². The molecule has 4 aromatic rings. The smallest absolute Gasteiger partial charge is 0.383 e. The number of fused-ring (bicyclic) bond motifs is 1. The van der Waals surface area contributed by atoms with Crippen LogP contribution in [-0.4, -0.2) is 25.7 Å². The lowest BCUT2D eigenvalue weighted by Gasteiger charge is -2.19. The number of nitrogen functional groups attached to an aromatic ring is 1. The van der Waals surface area contributed by atoms with Crippen LogP contribution in [0.4, 0.5) is 24.7 Å². The lowest BCUT2D eigenvalue weighted by molar-refractivity contribution is -0.137. The molecule has 0 saturated carbocycles. The van der Waals surface area contributed by atoms with Crippen molar-refractivity contribution in [3.05, 3.63) is 77.2 Å². The summed E-state index contributed by atoms with van der Waals surface area (Å²) in [5.74, 6) is -0.312. The van der Waals surface area contributed by atoms with Gasteiger partial charge in [-0.25, -0.2) is 14.6 Å². The number of rotatable bonds is 4. The van der Waals surface area contributed by atoms with E-state index in [1.165, 1.54) is 18.5 Å². The predicted molar refractivity (Wildman–Crippen MR) is 123 cm³/mol. The number of nitrogens with one attached hydrogen (secondary N) is 1. The van der Waals surface area contributed by atoms with E-state index in [1.807, 2.05) is 26.8 Å². The topological polar surface area (TPSA) is 98.7 Å². The minimum Gasteiger partial charge on any atom is -0.383 e. The van der Waals surface area contributed by atoms with Crippen molar-refractivity contribution in [3.63, 3.8) is 0 Å². The van der Waals surface area contributed by atoms with Crippen molar-refractivity contribution in [3.8, 4) is 0 Å². The van der Waals surface area contributed by atoms with E-state index < -0.39 is 17.6 Å². The molecule has 176 valence electrons. The zero-order valence-electron chi connectivity index (χ0n) is 18.8. The third-order valence-electron chi connectivity index (χ3n) is 5.21. The van der Waals surface area contributed by atoms with Crippen molar-refractivity contribution in [1.29, 1.82) is 0 Å². The molecule has 3 N–H and O–H groups in total. The van der Waals surface area contributed by atoms with Gasteiger partial charge in [-0.15, -0.1) is 0 Å². The van der Waals surface area contributed by atoms with Gasteiger partial charge in [0.2, 0.25) is 0 Å². The Kier molecular flexibility index (Phi) is 5.76. The fourth-order valence-corrected chi connectivity index (χ4v) is 3.63. The molecule has 1 amide bonds. The number of amides is 1. The van der Waals surface area contributed by atoms with Crippen molar-refractivity contribution in [1.82, 2.24) is 19.7 Å². The maximum absolute atomic E-state index is 13.0. The normalized spacial score (nSPS) is 12.2. The first-order valence-corrected chi connectivity index (χ1v) is 10.5. The van der Waals surface area contributed by atoms with E-state index >= 15 is 0 Å². The molecule has 0 unspecified atom stereocenters. The van der Waals surface area contributed by atoms with E-state index in [0.717, 1.165) is 17.7 Å². The van der Waals surface area contributed by atoms with Gasteiger partial charge in [-0.2, -0.15) is 18.3 Å². The highest BCUT2D eigenvalue weighted by molar-refractivity contribution is 6.04. The van der Waals surface area contributed by atoms with Crippen LogP contribution in [0.3, 0.4) is 0 Å². The zero-order valence-corrected chi connectivity index (χ0v) is 18.8. The number of halogens is 3. The van der Waals surface area contributed by atoms with Crippen molar-refractivity contribution >= 4 is 28.4 Å². The van der Waals surface area contributed by atoms with E-state index in [9.17, 15) is 18.0 Å². The van der Waals surface area contributed by atoms with Gasteiger partial charge in [-0.05, 0) is 56.7 Å². The minimum absolute atomic E-state index is 0.0833. The SMILES string of the molecule is CC(C)(C)n1nc(Cc2cccc(NC(=O)c3cccc(C(F)(F)F)c3)c2)c2c(N)ncnc21. The Balaban J connectivity index is 1.61. The van der Waals surface area contributed by atoms with Crippen LogP contribution in [0.1, 0.15) is 48.0 Å². The Hall–Kier alpha value is -3.95. The van der Waals surface area contributed by atoms with Gasteiger partial charge in [0, 0.05) is 17.7 Å². The first-order chi connectivity index (χ1) is 15.9. The molecule has 0 aliphatic rings. The average molecular weight is 468 g/mol. The molecular weight excluding hydrogens is 445 g/mol.